The minimum absolute atomic E-state index is 0.00796. The molecular formula is C13H17N3O2S2. The second kappa shape index (κ2) is 8.55. The number of nitrogens with zero attached hydrogens (tertiary/aromatic N) is 1. The smallest absolute Gasteiger partial charge is 0.292 e. The Labute approximate surface area is 128 Å². The second-order valence-electron chi connectivity index (χ2n) is 3.91. The van der Waals surface area contributed by atoms with Crippen LogP contribution in [0.3, 0.4) is 0 Å². The van der Waals surface area contributed by atoms with Crippen LogP contribution in [0.1, 0.15) is 13.3 Å². The molecule has 0 radical (unpaired) electrons. The van der Waals surface area contributed by atoms with E-state index in [1.165, 1.54) is 6.07 Å². The van der Waals surface area contributed by atoms with Gasteiger partial charge in [-0.3, -0.25) is 10.1 Å². The number of hydrogen-bond donors (Lipinski definition) is 2. The molecule has 0 aromatic heterocycles. The summed E-state index contributed by atoms with van der Waals surface area (Å²) in [7, 11) is 0. The van der Waals surface area contributed by atoms with Crippen molar-refractivity contribution >= 4 is 40.5 Å². The van der Waals surface area contributed by atoms with Gasteiger partial charge in [0.05, 0.1) is 4.92 Å². The third-order valence-corrected chi connectivity index (χ3v) is 3.74. The third-order valence-electron chi connectivity index (χ3n) is 2.29. The molecule has 0 aliphatic heterocycles. The molecule has 1 aromatic carbocycles. The Morgan fingerprint density at radius 1 is 1.60 bits per heavy atom. The van der Waals surface area contributed by atoms with Crippen LogP contribution in [0, 0.1) is 10.1 Å². The Bertz CT molecular complexity index is 506. The van der Waals surface area contributed by atoms with E-state index in [9.17, 15) is 10.1 Å². The van der Waals surface area contributed by atoms with E-state index in [2.05, 4.69) is 24.1 Å². The summed E-state index contributed by atoms with van der Waals surface area (Å²) in [6.07, 6.45) is 2.71. The number of rotatable bonds is 7. The van der Waals surface area contributed by atoms with Crippen molar-refractivity contribution in [1.29, 1.82) is 0 Å². The van der Waals surface area contributed by atoms with Crippen LogP contribution < -0.4 is 10.6 Å². The molecule has 0 saturated heterocycles. The lowest BCUT2D eigenvalue weighted by Crippen LogP contribution is -2.28. The summed E-state index contributed by atoms with van der Waals surface area (Å²) in [5, 5.41) is 17.1. The van der Waals surface area contributed by atoms with Crippen molar-refractivity contribution in [3.63, 3.8) is 0 Å². The highest BCUT2D eigenvalue weighted by Gasteiger charge is 2.15. The first-order valence-electron chi connectivity index (χ1n) is 6.15. The van der Waals surface area contributed by atoms with Gasteiger partial charge in [-0.05, 0) is 36.5 Å². The molecule has 0 atom stereocenters. The zero-order valence-corrected chi connectivity index (χ0v) is 12.9. The molecule has 1 aromatic rings. The van der Waals surface area contributed by atoms with E-state index in [1.807, 2.05) is 0 Å². The highest BCUT2D eigenvalue weighted by molar-refractivity contribution is 7.99. The molecule has 0 fully saturated rings. The standard InChI is InChI=1S/C13H17N3O2S2/c1-3-7-14-13(19)15-11-9-10(20-8-4-2)5-6-12(11)16(17)18/h3,5-6,9H,1,4,7-8H2,2H3,(H2,14,15,19). The van der Waals surface area contributed by atoms with Crippen molar-refractivity contribution in [3.8, 4) is 0 Å². The van der Waals surface area contributed by atoms with Gasteiger partial charge in [0.1, 0.15) is 5.69 Å². The van der Waals surface area contributed by atoms with Crippen LogP contribution in [-0.4, -0.2) is 22.3 Å². The maximum atomic E-state index is 11.0. The number of benzene rings is 1. The molecule has 2 N–H and O–H groups in total. The van der Waals surface area contributed by atoms with E-state index in [-0.39, 0.29) is 5.69 Å². The molecule has 0 aliphatic rings. The van der Waals surface area contributed by atoms with Gasteiger partial charge < -0.3 is 10.6 Å². The Morgan fingerprint density at radius 2 is 2.35 bits per heavy atom. The molecule has 0 saturated carbocycles. The second-order valence-corrected chi connectivity index (χ2v) is 5.48. The third kappa shape index (κ3) is 5.18. The predicted octanol–water partition coefficient (Wildman–Crippen LogP) is 3.57. The van der Waals surface area contributed by atoms with Crippen LogP contribution in [0.4, 0.5) is 11.4 Å². The van der Waals surface area contributed by atoms with Crippen molar-refractivity contribution in [1.82, 2.24) is 5.32 Å². The van der Waals surface area contributed by atoms with Crippen LogP contribution >= 0.6 is 24.0 Å². The summed E-state index contributed by atoms with van der Waals surface area (Å²) in [6.45, 7) is 6.16. The van der Waals surface area contributed by atoms with E-state index in [1.54, 1.807) is 30.0 Å². The fourth-order valence-corrected chi connectivity index (χ4v) is 2.41. The van der Waals surface area contributed by atoms with E-state index < -0.39 is 4.92 Å². The van der Waals surface area contributed by atoms with Crippen molar-refractivity contribution in [2.45, 2.75) is 18.2 Å². The molecule has 0 aliphatic carbocycles. The monoisotopic (exact) mass is 311 g/mol. The van der Waals surface area contributed by atoms with E-state index in [0.29, 0.717) is 17.3 Å². The van der Waals surface area contributed by atoms with E-state index in [0.717, 1.165) is 17.1 Å². The number of nitrogens with one attached hydrogen (secondary N) is 2. The average molecular weight is 311 g/mol. The first kappa shape index (κ1) is 16.5. The number of hydrogen-bond acceptors (Lipinski definition) is 4. The predicted molar refractivity (Wildman–Crippen MR) is 88.5 cm³/mol. The number of nitro groups is 1. The fourth-order valence-electron chi connectivity index (χ4n) is 1.42. The topological polar surface area (TPSA) is 67.2 Å². The zero-order valence-electron chi connectivity index (χ0n) is 11.2. The van der Waals surface area contributed by atoms with Gasteiger partial charge in [-0.2, -0.15) is 0 Å². The molecule has 0 heterocycles. The summed E-state index contributed by atoms with van der Waals surface area (Å²) in [5.74, 6) is 0.969. The van der Waals surface area contributed by atoms with E-state index >= 15 is 0 Å². The van der Waals surface area contributed by atoms with Gasteiger partial charge in [0.2, 0.25) is 0 Å². The van der Waals surface area contributed by atoms with Crippen molar-refractivity contribution in [3.05, 3.63) is 41.0 Å². The first-order valence-corrected chi connectivity index (χ1v) is 7.54. The van der Waals surface area contributed by atoms with Crippen LogP contribution in [0.2, 0.25) is 0 Å². The van der Waals surface area contributed by atoms with Gasteiger partial charge >= 0.3 is 0 Å². The lowest BCUT2D eigenvalue weighted by molar-refractivity contribution is -0.383. The highest BCUT2D eigenvalue weighted by atomic mass is 32.2. The van der Waals surface area contributed by atoms with Crippen molar-refractivity contribution in [2.24, 2.45) is 0 Å². The van der Waals surface area contributed by atoms with Crippen LogP contribution in [-0.2, 0) is 0 Å². The molecule has 0 bridgehead atoms. The number of nitro benzene ring substituents is 1. The maximum Gasteiger partial charge on any atom is 0.292 e. The summed E-state index contributed by atoms with van der Waals surface area (Å²) in [6, 6.07) is 5.00. The Balaban J connectivity index is 2.90. The van der Waals surface area contributed by atoms with Gasteiger partial charge in [-0.25, -0.2) is 0 Å². The first-order chi connectivity index (χ1) is 9.58. The van der Waals surface area contributed by atoms with Crippen molar-refractivity contribution < 1.29 is 4.92 Å². The Kier molecular flexibility index (Phi) is 7.03. The quantitative estimate of drug-likeness (QED) is 0.264. The number of thiocarbonyl (C=S) groups is 1. The number of anilines is 1. The fraction of sp³-hybridized carbons (Fsp3) is 0.308. The largest absolute Gasteiger partial charge is 0.359 e. The molecule has 0 amide bonds. The van der Waals surface area contributed by atoms with Gasteiger partial charge in [-0.1, -0.05) is 13.0 Å². The lowest BCUT2D eigenvalue weighted by atomic mass is 10.2. The van der Waals surface area contributed by atoms with Crippen molar-refractivity contribution in [2.75, 3.05) is 17.6 Å². The molecule has 7 heteroatoms. The highest BCUT2D eigenvalue weighted by Crippen LogP contribution is 2.30. The minimum atomic E-state index is -0.424. The molecule has 0 spiro atoms. The summed E-state index contributed by atoms with van der Waals surface area (Å²) >= 11 is 6.74. The number of thioether (sulfide) groups is 1. The van der Waals surface area contributed by atoms with Crippen LogP contribution in [0.15, 0.2) is 35.7 Å². The Morgan fingerprint density at radius 3 is 2.95 bits per heavy atom. The molecular weight excluding hydrogens is 294 g/mol. The molecule has 1 rings (SSSR count). The molecule has 5 nitrogen and oxygen atoms in total. The minimum Gasteiger partial charge on any atom is -0.359 e. The molecule has 0 unspecified atom stereocenters. The van der Waals surface area contributed by atoms with Gasteiger partial charge in [-0.15, -0.1) is 18.3 Å². The summed E-state index contributed by atoms with van der Waals surface area (Å²) < 4.78 is 0. The summed E-state index contributed by atoms with van der Waals surface area (Å²) in [4.78, 5) is 11.6. The van der Waals surface area contributed by atoms with Gasteiger partial charge in [0.25, 0.3) is 5.69 Å². The average Bonchev–Trinajstić information content (AvgIpc) is 2.42. The van der Waals surface area contributed by atoms with Gasteiger partial charge in [0, 0.05) is 17.5 Å². The normalized spacial score (nSPS) is 9.85. The Hall–Kier alpha value is -1.60. The van der Waals surface area contributed by atoms with Crippen LogP contribution in [0.25, 0.3) is 0 Å². The molecule has 20 heavy (non-hydrogen) atoms. The summed E-state index contributed by atoms with van der Waals surface area (Å²) in [5.41, 5.74) is 0.409. The maximum absolute atomic E-state index is 11.0. The zero-order chi connectivity index (χ0) is 15.0. The van der Waals surface area contributed by atoms with Gasteiger partial charge in [0.15, 0.2) is 5.11 Å². The van der Waals surface area contributed by atoms with Crippen LogP contribution in [0.5, 0.6) is 0 Å². The SMILES string of the molecule is C=CCNC(=S)Nc1cc(SCCC)ccc1[N+](=O)[O-]. The molecule has 108 valence electrons. The lowest BCUT2D eigenvalue weighted by Gasteiger charge is -2.10. The van der Waals surface area contributed by atoms with E-state index in [4.69, 9.17) is 12.2 Å².